The van der Waals surface area contributed by atoms with Crippen LogP contribution in [0.4, 0.5) is 0 Å². The van der Waals surface area contributed by atoms with E-state index < -0.39 is 0 Å². The van der Waals surface area contributed by atoms with Crippen LogP contribution in [0, 0.1) is 6.92 Å². The van der Waals surface area contributed by atoms with Crippen LogP contribution in [0.5, 0.6) is 5.88 Å². The topological polar surface area (TPSA) is 51.2 Å². The summed E-state index contributed by atoms with van der Waals surface area (Å²) in [6.07, 6.45) is 2.07. The zero-order valence-corrected chi connectivity index (χ0v) is 11.7. The van der Waals surface area contributed by atoms with Crippen molar-refractivity contribution in [3.05, 3.63) is 59.3 Å². The van der Waals surface area contributed by atoms with E-state index in [1.54, 1.807) is 13.3 Å². The summed E-state index contributed by atoms with van der Waals surface area (Å²) in [4.78, 5) is 16.0. The molecule has 4 nitrogen and oxygen atoms in total. The van der Waals surface area contributed by atoms with Crippen LogP contribution < -0.4 is 10.1 Å². The first-order valence-corrected chi connectivity index (χ1v) is 6.49. The van der Waals surface area contributed by atoms with E-state index in [1.807, 2.05) is 43.3 Å². The predicted octanol–water partition coefficient (Wildman–Crippen LogP) is 2.26. The fraction of sp³-hybridized carbons (Fsp3) is 0.250. The van der Waals surface area contributed by atoms with Gasteiger partial charge < -0.3 is 10.1 Å². The van der Waals surface area contributed by atoms with Crippen LogP contribution in [0.15, 0.2) is 42.6 Å². The minimum atomic E-state index is 0.00933. The zero-order chi connectivity index (χ0) is 14.4. The lowest BCUT2D eigenvalue weighted by Crippen LogP contribution is -2.24. The number of ether oxygens (including phenoxy) is 1. The largest absolute Gasteiger partial charge is 0.481 e. The monoisotopic (exact) mass is 270 g/mol. The van der Waals surface area contributed by atoms with Crippen molar-refractivity contribution in [2.45, 2.75) is 19.9 Å². The van der Waals surface area contributed by atoms with Crippen molar-refractivity contribution < 1.29 is 9.53 Å². The van der Waals surface area contributed by atoms with Gasteiger partial charge in [0.25, 0.3) is 0 Å². The number of nitrogens with one attached hydrogen (secondary N) is 1. The Kier molecular flexibility index (Phi) is 4.71. The van der Waals surface area contributed by atoms with E-state index >= 15 is 0 Å². The van der Waals surface area contributed by atoms with Crippen molar-refractivity contribution in [3.63, 3.8) is 0 Å². The molecule has 1 N–H and O–H groups in total. The SMILES string of the molecule is COc1cc(CNC(=O)Cc2ccccc2C)ccn1. The Morgan fingerprint density at radius 1 is 1.30 bits per heavy atom. The molecule has 2 rings (SSSR count). The van der Waals surface area contributed by atoms with Crippen LogP contribution in [0.1, 0.15) is 16.7 Å². The third-order valence-corrected chi connectivity index (χ3v) is 3.11. The van der Waals surface area contributed by atoms with Gasteiger partial charge in [-0.1, -0.05) is 24.3 Å². The van der Waals surface area contributed by atoms with Crippen molar-refractivity contribution >= 4 is 5.91 Å². The number of hydrogen-bond acceptors (Lipinski definition) is 3. The number of nitrogens with zero attached hydrogens (tertiary/aromatic N) is 1. The van der Waals surface area contributed by atoms with E-state index in [9.17, 15) is 4.79 Å². The summed E-state index contributed by atoms with van der Waals surface area (Å²) < 4.78 is 5.05. The maximum Gasteiger partial charge on any atom is 0.224 e. The van der Waals surface area contributed by atoms with E-state index in [-0.39, 0.29) is 5.91 Å². The molecule has 4 heteroatoms. The minimum Gasteiger partial charge on any atom is -0.481 e. The summed E-state index contributed by atoms with van der Waals surface area (Å²) in [6.45, 7) is 2.49. The second kappa shape index (κ2) is 6.70. The van der Waals surface area contributed by atoms with Crippen LogP contribution in [-0.4, -0.2) is 18.0 Å². The molecule has 0 aliphatic rings. The van der Waals surface area contributed by atoms with Crippen LogP contribution in [0.3, 0.4) is 0 Å². The van der Waals surface area contributed by atoms with Gasteiger partial charge in [-0.2, -0.15) is 0 Å². The summed E-state index contributed by atoms with van der Waals surface area (Å²) in [5.74, 6) is 0.561. The minimum absolute atomic E-state index is 0.00933. The molecule has 0 spiro atoms. The molecular weight excluding hydrogens is 252 g/mol. The first kappa shape index (κ1) is 14.1. The van der Waals surface area contributed by atoms with E-state index in [0.29, 0.717) is 18.8 Å². The van der Waals surface area contributed by atoms with E-state index in [4.69, 9.17) is 4.74 Å². The van der Waals surface area contributed by atoms with Crippen molar-refractivity contribution in [2.24, 2.45) is 0 Å². The highest BCUT2D eigenvalue weighted by molar-refractivity contribution is 5.78. The lowest BCUT2D eigenvalue weighted by molar-refractivity contribution is -0.120. The number of carbonyl (C=O) groups is 1. The second-order valence-electron chi connectivity index (χ2n) is 4.59. The second-order valence-corrected chi connectivity index (χ2v) is 4.59. The highest BCUT2D eigenvalue weighted by atomic mass is 16.5. The normalized spacial score (nSPS) is 10.1. The quantitative estimate of drug-likeness (QED) is 0.906. The number of pyridine rings is 1. The molecule has 1 aromatic carbocycles. The average Bonchev–Trinajstić information content (AvgIpc) is 2.48. The molecule has 1 amide bonds. The van der Waals surface area contributed by atoms with Crippen molar-refractivity contribution in [2.75, 3.05) is 7.11 Å². The number of carbonyl (C=O) groups excluding carboxylic acids is 1. The Morgan fingerprint density at radius 2 is 2.10 bits per heavy atom. The summed E-state index contributed by atoms with van der Waals surface area (Å²) in [5.41, 5.74) is 3.15. The van der Waals surface area contributed by atoms with Gasteiger partial charge in [-0.15, -0.1) is 0 Å². The van der Waals surface area contributed by atoms with Crippen LogP contribution in [0.25, 0.3) is 0 Å². The highest BCUT2D eigenvalue weighted by Crippen LogP contribution is 2.09. The molecule has 0 atom stereocenters. The van der Waals surface area contributed by atoms with Crippen molar-refractivity contribution in [1.82, 2.24) is 10.3 Å². The Morgan fingerprint density at radius 3 is 2.85 bits per heavy atom. The highest BCUT2D eigenvalue weighted by Gasteiger charge is 2.05. The number of aromatic nitrogens is 1. The van der Waals surface area contributed by atoms with E-state index in [1.165, 1.54) is 0 Å². The van der Waals surface area contributed by atoms with E-state index in [0.717, 1.165) is 16.7 Å². The Bertz CT molecular complexity index is 597. The van der Waals surface area contributed by atoms with Gasteiger partial charge in [0.15, 0.2) is 0 Å². The van der Waals surface area contributed by atoms with Crippen molar-refractivity contribution in [3.8, 4) is 5.88 Å². The molecule has 0 fully saturated rings. The maximum absolute atomic E-state index is 11.9. The van der Waals surface area contributed by atoms with Crippen LogP contribution in [-0.2, 0) is 17.8 Å². The van der Waals surface area contributed by atoms with Gasteiger partial charge in [-0.05, 0) is 29.7 Å². The molecule has 1 heterocycles. The maximum atomic E-state index is 11.9. The summed E-state index contributed by atoms with van der Waals surface area (Å²) in [7, 11) is 1.57. The van der Waals surface area contributed by atoms with Crippen molar-refractivity contribution in [1.29, 1.82) is 0 Å². The van der Waals surface area contributed by atoms with Gasteiger partial charge in [-0.25, -0.2) is 4.98 Å². The molecule has 0 saturated carbocycles. The molecule has 0 aliphatic heterocycles. The molecule has 0 bridgehead atoms. The molecule has 20 heavy (non-hydrogen) atoms. The van der Waals surface area contributed by atoms with Gasteiger partial charge in [0.05, 0.1) is 13.5 Å². The van der Waals surface area contributed by atoms with Gasteiger partial charge in [0.2, 0.25) is 11.8 Å². The smallest absolute Gasteiger partial charge is 0.224 e. The van der Waals surface area contributed by atoms with Gasteiger partial charge in [0.1, 0.15) is 0 Å². The molecule has 2 aromatic rings. The Hall–Kier alpha value is -2.36. The first-order valence-electron chi connectivity index (χ1n) is 6.49. The Labute approximate surface area is 118 Å². The summed E-state index contributed by atoms with van der Waals surface area (Å²) >= 11 is 0. The van der Waals surface area contributed by atoms with E-state index in [2.05, 4.69) is 10.3 Å². The molecule has 0 unspecified atom stereocenters. The summed E-state index contributed by atoms with van der Waals surface area (Å²) in [6, 6.07) is 11.6. The van der Waals surface area contributed by atoms with Gasteiger partial charge >= 0.3 is 0 Å². The number of amides is 1. The third kappa shape index (κ3) is 3.82. The standard InChI is InChI=1S/C16H18N2O2/c1-12-5-3-4-6-14(12)10-15(19)18-11-13-7-8-17-16(9-13)20-2/h3-9H,10-11H2,1-2H3,(H,18,19). The number of rotatable bonds is 5. The zero-order valence-electron chi connectivity index (χ0n) is 11.7. The molecule has 0 radical (unpaired) electrons. The summed E-state index contributed by atoms with van der Waals surface area (Å²) in [5, 5.41) is 2.90. The molecule has 1 aromatic heterocycles. The molecule has 104 valence electrons. The van der Waals surface area contributed by atoms with Gasteiger partial charge in [-0.3, -0.25) is 4.79 Å². The fourth-order valence-corrected chi connectivity index (χ4v) is 1.92. The predicted molar refractivity (Wildman–Crippen MR) is 77.5 cm³/mol. The molecule has 0 aliphatic carbocycles. The lowest BCUT2D eigenvalue weighted by Gasteiger charge is -2.08. The van der Waals surface area contributed by atoms with Crippen LogP contribution in [0.2, 0.25) is 0 Å². The molecular formula is C16H18N2O2. The number of methoxy groups -OCH3 is 1. The average molecular weight is 270 g/mol. The number of benzene rings is 1. The van der Waals surface area contributed by atoms with Gasteiger partial charge in [0, 0.05) is 18.8 Å². The fourth-order valence-electron chi connectivity index (χ4n) is 1.92. The first-order chi connectivity index (χ1) is 9.69. The van der Waals surface area contributed by atoms with Crippen LogP contribution >= 0.6 is 0 Å². The Balaban J connectivity index is 1.90. The lowest BCUT2D eigenvalue weighted by atomic mass is 10.1. The molecule has 0 saturated heterocycles. The number of aryl methyl sites for hydroxylation is 1. The number of hydrogen-bond donors (Lipinski definition) is 1. The third-order valence-electron chi connectivity index (χ3n) is 3.11.